The van der Waals surface area contributed by atoms with Crippen LogP contribution in [0.5, 0.6) is 0 Å². The number of amides is 1. The zero-order valence-electron chi connectivity index (χ0n) is 18.1. The Balaban J connectivity index is 1.22. The van der Waals surface area contributed by atoms with Gasteiger partial charge in [0.2, 0.25) is 17.6 Å². The first-order chi connectivity index (χ1) is 15.6. The second kappa shape index (κ2) is 8.93. The molecule has 1 amide bonds. The normalized spacial score (nSPS) is 16.8. The number of aryl methyl sites for hydroxylation is 1. The number of hydrogen-bond acceptors (Lipinski definition) is 5. The Morgan fingerprint density at radius 2 is 1.97 bits per heavy atom. The summed E-state index contributed by atoms with van der Waals surface area (Å²) in [6.45, 7) is 4.20. The molecule has 1 aliphatic rings. The standard InChI is InChI=1S/C26H26N4O2/c1-18-6-4-9-21(14-18)25-28-24(32-29-25)17-30-13-5-10-22(16-30)26(31)27-23-12-11-19-7-2-3-8-20(19)15-23/h2-4,6-9,11-12,14-15,22H,5,10,13,16-17H2,1H3,(H,27,31). The molecule has 1 aliphatic heterocycles. The lowest BCUT2D eigenvalue weighted by Crippen LogP contribution is -2.40. The van der Waals surface area contributed by atoms with E-state index in [0.717, 1.165) is 41.6 Å². The minimum absolute atomic E-state index is 0.0608. The number of nitrogens with one attached hydrogen (secondary N) is 1. The Labute approximate surface area is 187 Å². The first-order valence-corrected chi connectivity index (χ1v) is 11.1. The molecule has 0 spiro atoms. The SMILES string of the molecule is Cc1cccc(-c2noc(CN3CCCC(C(=O)Nc4ccc5ccccc5c4)C3)n2)c1. The predicted molar refractivity (Wildman–Crippen MR) is 125 cm³/mol. The number of benzene rings is 3. The van der Waals surface area contributed by atoms with E-state index >= 15 is 0 Å². The van der Waals surface area contributed by atoms with Gasteiger partial charge in [-0.3, -0.25) is 9.69 Å². The highest BCUT2D eigenvalue weighted by molar-refractivity contribution is 5.95. The van der Waals surface area contributed by atoms with Crippen LogP contribution in [0.1, 0.15) is 24.3 Å². The third kappa shape index (κ3) is 4.55. The summed E-state index contributed by atoms with van der Waals surface area (Å²) in [5.74, 6) is 1.19. The maximum Gasteiger partial charge on any atom is 0.241 e. The Kier molecular flexibility index (Phi) is 5.69. The van der Waals surface area contributed by atoms with Crippen LogP contribution < -0.4 is 5.32 Å². The Hall–Kier alpha value is -3.51. The Bertz CT molecular complexity index is 1250. The van der Waals surface area contributed by atoms with Gasteiger partial charge in [-0.25, -0.2) is 0 Å². The van der Waals surface area contributed by atoms with E-state index in [-0.39, 0.29) is 11.8 Å². The van der Waals surface area contributed by atoms with Crippen LogP contribution in [0.15, 0.2) is 71.3 Å². The number of anilines is 1. The quantitative estimate of drug-likeness (QED) is 0.484. The van der Waals surface area contributed by atoms with Crippen molar-refractivity contribution in [1.29, 1.82) is 0 Å². The van der Waals surface area contributed by atoms with Crippen molar-refractivity contribution in [3.8, 4) is 11.4 Å². The minimum atomic E-state index is -0.0608. The lowest BCUT2D eigenvalue weighted by Gasteiger charge is -2.30. The predicted octanol–water partition coefficient (Wildman–Crippen LogP) is 5.05. The molecule has 162 valence electrons. The van der Waals surface area contributed by atoms with Crippen LogP contribution in [-0.2, 0) is 11.3 Å². The molecule has 1 saturated heterocycles. The number of rotatable bonds is 5. The third-order valence-electron chi connectivity index (χ3n) is 6.00. The molecule has 0 saturated carbocycles. The number of carbonyl (C=O) groups excluding carboxylic acids is 1. The van der Waals surface area contributed by atoms with E-state index in [1.54, 1.807) is 0 Å². The van der Waals surface area contributed by atoms with Crippen molar-refractivity contribution in [2.75, 3.05) is 18.4 Å². The van der Waals surface area contributed by atoms with E-state index in [1.165, 1.54) is 5.39 Å². The van der Waals surface area contributed by atoms with Gasteiger partial charge in [0.1, 0.15) is 0 Å². The van der Waals surface area contributed by atoms with Crippen LogP contribution in [0.25, 0.3) is 22.2 Å². The van der Waals surface area contributed by atoms with Gasteiger partial charge in [0, 0.05) is 17.8 Å². The van der Waals surface area contributed by atoms with Crippen LogP contribution in [0.2, 0.25) is 0 Å². The van der Waals surface area contributed by atoms with Crippen molar-refractivity contribution in [2.24, 2.45) is 5.92 Å². The highest BCUT2D eigenvalue weighted by Crippen LogP contribution is 2.23. The second-order valence-electron chi connectivity index (χ2n) is 8.51. The molecule has 1 atom stereocenters. The summed E-state index contributed by atoms with van der Waals surface area (Å²) < 4.78 is 5.49. The van der Waals surface area contributed by atoms with E-state index in [0.29, 0.717) is 24.8 Å². The largest absolute Gasteiger partial charge is 0.338 e. The number of carbonyl (C=O) groups is 1. The topological polar surface area (TPSA) is 71.3 Å². The fourth-order valence-electron chi connectivity index (χ4n) is 4.34. The van der Waals surface area contributed by atoms with E-state index in [2.05, 4.69) is 32.5 Å². The zero-order chi connectivity index (χ0) is 21.9. The molecule has 6 nitrogen and oxygen atoms in total. The van der Waals surface area contributed by atoms with Gasteiger partial charge >= 0.3 is 0 Å². The van der Waals surface area contributed by atoms with Crippen molar-refractivity contribution in [2.45, 2.75) is 26.3 Å². The monoisotopic (exact) mass is 426 g/mol. The van der Waals surface area contributed by atoms with E-state index in [1.807, 2.05) is 61.5 Å². The number of hydrogen-bond donors (Lipinski definition) is 1. The number of fused-ring (bicyclic) bond motifs is 1. The van der Waals surface area contributed by atoms with Gasteiger partial charge in [0.15, 0.2) is 0 Å². The van der Waals surface area contributed by atoms with Crippen molar-refractivity contribution in [3.63, 3.8) is 0 Å². The van der Waals surface area contributed by atoms with Gasteiger partial charge in [0.25, 0.3) is 0 Å². The first-order valence-electron chi connectivity index (χ1n) is 11.1. The molecule has 0 bridgehead atoms. The Morgan fingerprint density at radius 1 is 1.09 bits per heavy atom. The van der Waals surface area contributed by atoms with Crippen LogP contribution in [0, 0.1) is 12.8 Å². The number of likely N-dealkylation sites (tertiary alicyclic amines) is 1. The van der Waals surface area contributed by atoms with E-state index in [4.69, 9.17) is 4.52 Å². The van der Waals surface area contributed by atoms with Gasteiger partial charge in [-0.1, -0.05) is 59.3 Å². The fraction of sp³-hybridized carbons (Fsp3) is 0.269. The molecule has 1 fully saturated rings. The number of piperidine rings is 1. The van der Waals surface area contributed by atoms with Crippen LogP contribution in [0.4, 0.5) is 5.69 Å². The molecule has 1 unspecified atom stereocenters. The minimum Gasteiger partial charge on any atom is -0.338 e. The molecule has 6 heteroatoms. The van der Waals surface area contributed by atoms with Crippen molar-refractivity contribution < 1.29 is 9.32 Å². The average molecular weight is 427 g/mol. The van der Waals surface area contributed by atoms with Gasteiger partial charge in [-0.15, -0.1) is 0 Å². The molecule has 1 aromatic heterocycles. The van der Waals surface area contributed by atoms with Gasteiger partial charge < -0.3 is 9.84 Å². The molecule has 0 aliphatic carbocycles. The number of nitrogens with zero attached hydrogens (tertiary/aromatic N) is 3. The van der Waals surface area contributed by atoms with Gasteiger partial charge in [-0.05, 0) is 55.3 Å². The zero-order valence-corrected chi connectivity index (χ0v) is 18.1. The van der Waals surface area contributed by atoms with Crippen molar-refractivity contribution >= 4 is 22.4 Å². The Morgan fingerprint density at radius 3 is 2.84 bits per heavy atom. The van der Waals surface area contributed by atoms with Gasteiger partial charge in [-0.2, -0.15) is 4.98 Å². The number of aromatic nitrogens is 2. The summed E-state index contributed by atoms with van der Waals surface area (Å²) in [5.41, 5.74) is 2.95. The molecule has 2 heterocycles. The summed E-state index contributed by atoms with van der Waals surface area (Å²) in [5, 5.41) is 9.53. The third-order valence-corrected chi connectivity index (χ3v) is 6.00. The van der Waals surface area contributed by atoms with Crippen LogP contribution >= 0.6 is 0 Å². The summed E-state index contributed by atoms with van der Waals surface area (Å²) in [6.07, 6.45) is 1.85. The molecular formula is C26H26N4O2. The molecule has 4 aromatic rings. The average Bonchev–Trinajstić information content (AvgIpc) is 3.28. The molecular weight excluding hydrogens is 400 g/mol. The van der Waals surface area contributed by atoms with E-state index < -0.39 is 0 Å². The highest BCUT2D eigenvalue weighted by atomic mass is 16.5. The summed E-state index contributed by atoms with van der Waals surface area (Å²) in [7, 11) is 0. The smallest absolute Gasteiger partial charge is 0.241 e. The summed E-state index contributed by atoms with van der Waals surface area (Å²) in [4.78, 5) is 19.7. The molecule has 0 radical (unpaired) electrons. The van der Waals surface area contributed by atoms with Crippen molar-refractivity contribution in [1.82, 2.24) is 15.0 Å². The molecule has 1 N–H and O–H groups in total. The molecule has 32 heavy (non-hydrogen) atoms. The van der Waals surface area contributed by atoms with E-state index in [9.17, 15) is 4.79 Å². The maximum absolute atomic E-state index is 12.9. The van der Waals surface area contributed by atoms with Crippen LogP contribution in [0.3, 0.4) is 0 Å². The summed E-state index contributed by atoms with van der Waals surface area (Å²) >= 11 is 0. The summed E-state index contributed by atoms with van der Waals surface area (Å²) in [6, 6.07) is 22.2. The highest BCUT2D eigenvalue weighted by Gasteiger charge is 2.27. The molecule has 3 aromatic carbocycles. The fourth-order valence-corrected chi connectivity index (χ4v) is 4.34. The second-order valence-corrected chi connectivity index (χ2v) is 8.51. The lowest BCUT2D eigenvalue weighted by atomic mass is 9.97. The van der Waals surface area contributed by atoms with Crippen molar-refractivity contribution in [3.05, 3.63) is 78.2 Å². The van der Waals surface area contributed by atoms with Crippen LogP contribution in [-0.4, -0.2) is 34.0 Å². The maximum atomic E-state index is 12.9. The molecule has 5 rings (SSSR count). The lowest BCUT2D eigenvalue weighted by molar-refractivity contribution is -0.121. The first kappa shape index (κ1) is 20.4. The van der Waals surface area contributed by atoms with Gasteiger partial charge in [0.05, 0.1) is 12.5 Å².